The summed E-state index contributed by atoms with van der Waals surface area (Å²) < 4.78 is 0. The van der Waals surface area contributed by atoms with Gasteiger partial charge in [-0.2, -0.15) is 0 Å². The summed E-state index contributed by atoms with van der Waals surface area (Å²) in [5.41, 5.74) is 4.35. The molecule has 4 heteroatoms. The maximum absolute atomic E-state index is 4.85. The zero-order chi connectivity index (χ0) is 16.4. The molecule has 0 atom stereocenters. The van der Waals surface area contributed by atoms with Gasteiger partial charge in [0.25, 0.3) is 0 Å². The van der Waals surface area contributed by atoms with Crippen molar-refractivity contribution in [3.8, 4) is 0 Å². The van der Waals surface area contributed by atoms with Gasteiger partial charge in [-0.1, -0.05) is 42.5 Å². The summed E-state index contributed by atoms with van der Waals surface area (Å²) in [5, 5.41) is 0. The first-order valence-electron chi connectivity index (χ1n) is 8.54. The quantitative estimate of drug-likeness (QED) is 0.742. The van der Waals surface area contributed by atoms with Gasteiger partial charge in [0, 0.05) is 32.7 Å². The van der Waals surface area contributed by atoms with E-state index in [2.05, 4.69) is 47.1 Å². The van der Waals surface area contributed by atoms with E-state index in [0.717, 1.165) is 55.3 Å². The Kier molecular flexibility index (Phi) is 4.13. The minimum atomic E-state index is 0.974. The molecule has 24 heavy (non-hydrogen) atoms. The second-order valence-electron chi connectivity index (χ2n) is 6.37. The van der Waals surface area contributed by atoms with Crippen molar-refractivity contribution in [2.24, 2.45) is 0 Å². The second-order valence-corrected chi connectivity index (χ2v) is 6.37. The summed E-state index contributed by atoms with van der Waals surface area (Å²) >= 11 is 0. The van der Waals surface area contributed by atoms with Crippen molar-refractivity contribution in [3.05, 3.63) is 65.9 Å². The standard InChI is InChI=1S/C20H22N4/c1-16-20(22-19-10-6-5-9-18(19)21-16)24-13-11-23(12-14-24)15-17-7-3-2-4-8-17/h2-10H,11-15H2,1H3. The number of aromatic nitrogens is 2. The van der Waals surface area contributed by atoms with Crippen LogP contribution in [0.4, 0.5) is 5.82 Å². The lowest BCUT2D eigenvalue weighted by Crippen LogP contribution is -2.46. The number of benzene rings is 2. The zero-order valence-corrected chi connectivity index (χ0v) is 14.0. The number of fused-ring (bicyclic) bond motifs is 1. The summed E-state index contributed by atoms with van der Waals surface area (Å²) in [6, 6.07) is 18.8. The average Bonchev–Trinajstić information content (AvgIpc) is 2.63. The number of piperazine rings is 1. The first-order chi connectivity index (χ1) is 11.8. The highest BCUT2D eigenvalue weighted by Gasteiger charge is 2.20. The van der Waals surface area contributed by atoms with E-state index in [4.69, 9.17) is 9.97 Å². The molecule has 0 aliphatic carbocycles. The molecule has 0 N–H and O–H groups in total. The Labute approximate surface area is 142 Å². The van der Waals surface area contributed by atoms with Crippen LogP contribution in [0.15, 0.2) is 54.6 Å². The van der Waals surface area contributed by atoms with Crippen molar-refractivity contribution >= 4 is 16.9 Å². The van der Waals surface area contributed by atoms with Crippen LogP contribution in [-0.4, -0.2) is 41.0 Å². The number of para-hydroxylation sites is 2. The van der Waals surface area contributed by atoms with E-state index in [1.54, 1.807) is 0 Å². The van der Waals surface area contributed by atoms with Crippen molar-refractivity contribution in [2.75, 3.05) is 31.1 Å². The molecule has 1 fully saturated rings. The summed E-state index contributed by atoms with van der Waals surface area (Å²) in [5.74, 6) is 1.04. The highest BCUT2D eigenvalue weighted by molar-refractivity contribution is 5.76. The molecule has 2 aromatic carbocycles. The lowest BCUT2D eigenvalue weighted by molar-refractivity contribution is 0.249. The Balaban J connectivity index is 1.47. The van der Waals surface area contributed by atoms with E-state index in [9.17, 15) is 0 Å². The lowest BCUT2D eigenvalue weighted by atomic mass is 10.2. The number of nitrogens with zero attached hydrogens (tertiary/aromatic N) is 4. The monoisotopic (exact) mass is 318 g/mol. The van der Waals surface area contributed by atoms with Gasteiger partial charge in [0.05, 0.1) is 16.7 Å². The number of hydrogen-bond acceptors (Lipinski definition) is 4. The van der Waals surface area contributed by atoms with Gasteiger partial charge in [-0.05, 0) is 24.6 Å². The lowest BCUT2D eigenvalue weighted by Gasteiger charge is -2.35. The van der Waals surface area contributed by atoms with E-state index in [0.29, 0.717) is 0 Å². The molecule has 1 aliphatic heterocycles. The first-order valence-corrected chi connectivity index (χ1v) is 8.54. The highest BCUT2D eigenvalue weighted by Crippen LogP contribution is 2.21. The molecule has 0 saturated carbocycles. The molecular formula is C20H22N4. The molecule has 122 valence electrons. The molecular weight excluding hydrogens is 296 g/mol. The van der Waals surface area contributed by atoms with Crippen LogP contribution in [0.1, 0.15) is 11.3 Å². The van der Waals surface area contributed by atoms with Gasteiger partial charge in [0.1, 0.15) is 0 Å². The van der Waals surface area contributed by atoms with Gasteiger partial charge in [-0.3, -0.25) is 4.90 Å². The van der Waals surface area contributed by atoms with Crippen LogP contribution < -0.4 is 4.90 Å². The van der Waals surface area contributed by atoms with Gasteiger partial charge in [0.2, 0.25) is 0 Å². The SMILES string of the molecule is Cc1nc2ccccc2nc1N1CCN(Cc2ccccc2)CC1. The molecule has 4 rings (SSSR count). The maximum Gasteiger partial charge on any atom is 0.150 e. The van der Waals surface area contributed by atoms with E-state index >= 15 is 0 Å². The Morgan fingerprint density at radius 1 is 0.792 bits per heavy atom. The minimum Gasteiger partial charge on any atom is -0.353 e. The van der Waals surface area contributed by atoms with Gasteiger partial charge in [0.15, 0.2) is 5.82 Å². The van der Waals surface area contributed by atoms with Gasteiger partial charge in [-0.15, -0.1) is 0 Å². The fourth-order valence-electron chi connectivity index (χ4n) is 3.34. The highest BCUT2D eigenvalue weighted by atomic mass is 15.3. The molecule has 1 saturated heterocycles. The Hall–Kier alpha value is -2.46. The third kappa shape index (κ3) is 3.10. The molecule has 1 aliphatic rings. The van der Waals surface area contributed by atoms with E-state index in [-0.39, 0.29) is 0 Å². The summed E-state index contributed by atoms with van der Waals surface area (Å²) in [6.07, 6.45) is 0. The molecule has 0 bridgehead atoms. The maximum atomic E-state index is 4.85. The molecule has 1 aromatic heterocycles. The molecule has 2 heterocycles. The van der Waals surface area contributed by atoms with E-state index in [1.165, 1.54) is 5.56 Å². The normalized spacial score (nSPS) is 15.8. The number of rotatable bonds is 3. The Morgan fingerprint density at radius 2 is 1.42 bits per heavy atom. The average molecular weight is 318 g/mol. The van der Waals surface area contributed by atoms with Gasteiger partial charge >= 0.3 is 0 Å². The predicted octanol–water partition coefficient (Wildman–Crippen LogP) is 3.26. The van der Waals surface area contributed by atoms with Crippen molar-refractivity contribution < 1.29 is 0 Å². The largest absolute Gasteiger partial charge is 0.353 e. The minimum absolute atomic E-state index is 0.974. The summed E-state index contributed by atoms with van der Waals surface area (Å²) in [7, 11) is 0. The van der Waals surface area contributed by atoms with Gasteiger partial charge in [-0.25, -0.2) is 9.97 Å². The van der Waals surface area contributed by atoms with Crippen molar-refractivity contribution in [1.29, 1.82) is 0 Å². The predicted molar refractivity (Wildman–Crippen MR) is 98.2 cm³/mol. The number of anilines is 1. The van der Waals surface area contributed by atoms with Crippen LogP contribution in [0.25, 0.3) is 11.0 Å². The van der Waals surface area contributed by atoms with Crippen LogP contribution in [0.5, 0.6) is 0 Å². The molecule has 0 radical (unpaired) electrons. The van der Waals surface area contributed by atoms with Crippen molar-refractivity contribution in [3.63, 3.8) is 0 Å². The van der Waals surface area contributed by atoms with E-state index in [1.807, 2.05) is 24.3 Å². The molecule has 0 amide bonds. The van der Waals surface area contributed by atoms with Crippen molar-refractivity contribution in [2.45, 2.75) is 13.5 Å². The molecule has 0 spiro atoms. The molecule has 3 aromatic rings. The smallest absolute Gasteiger partial charge is 0.150 e. The van der Waals surface area contributed by atoms with E-state index < -0.39 is 0 Å². The number of hydrogen-bond donors (Lipinski definition) is 0. The molecule has 4 nitrogen and oxygen atoms in total. The number of aryl methyl sites for hydroxylation is 1. The fraction of sp³-hybridized carbons (Fsp3) is 0.300. The fourth-order valence-corrected chi connectivity index (χ4v) is 3.34. The topological polar surface area (TPSA) is 32.3 Å². The molecule has 0 unspecified atom stereocenters. The summed E-state index contributed by atoms with van der Waals surface area (Å²) in [4.78, 5) is 14.5. The second kappa shape index (κ2) is 6.57. The third-order valence-corrected chi connectivity index (χ3v) is 4.64. The Bertz CT molecular complexity index is 823. The van der Waals surface area contributed by atoms with Crippen molar-refractivity contribution in [1.82, 2.24) is 14.9 Å². The zero-order valence-electron chi connectivity index (χ0n) is 14.0. The van der Waals surface area contributed by atoms with Crippen LogP contribution in [0, 0.1) is 6.92 Å². The Morgan fingerprint density at radius 3 is 2.12 bits per heavy atom. The summed E-state index contributed by atoms with van der Waals surface area (Å²) in [6.45, 7) is 7.20. The van der Waals surface area contributed by atoms with Crippen LogP contribution in [-0.2, 0) is 6.54 Å². The van der Waals surface area contributed by atoms with Crippen LogP contribution in [0.3, 0.4) is 0 Å². The third-order valence-electron chi connectivity index (χ3n) is 4.64. The van der Waals surface area contributed by atoms with Crippen LogP contribution >= 0.6 is 0 Å². The van der Waals surface area contributed by atoms with Gasteiger partial charge < -0.3 is 4.90 Å². The first kappa shape index (κ1) is 15.1. The van der Waals surface area contributed by atoms with Crippen LogP contribution in [0.2, 0.25) is 0 Å².